The van der Waals surface area contributed by atoms with Gasteiger partial charge in [0.1, 0.15) is 11.9 Å². The highest BCUT2D eigenvalue weighted by Crippen LogP contribution is 2.46. The second-order valence-electron chi connectivity index (χ2n) is 8.11. The molecule has 3 aliphatic rings. The molecule has 0 bridgehead atoms. The van der Waals surface area contributed by atoms with Gasteiger partial charge in [0.05, 0.1) is 25.5 Å². The maximum atomic E-state index is 12.8. The minimum atomic E-state index is -1.41. The Morgan fingerprint density at radius 2 is 1.93 bits per heavy atom. The molecule has 0 radical (unpaired) electrons. The largest absolute Gasteiger partial charge is 0.497 e. The molecule has 5 rings (SSSR count). The number of hydrogen-bond acceptors (Lipinski definition) is 5. The first-order valence-corrected chi connectivity index (χ1v) is 10.2. The van der Waals surface area contributed by atoms with Gasteiger partial charge in [-0.05, 0) is 54.2 Å². The molecule has 2 aromatic rings. The summed E-state index contributed by atoms with van der Waals surface area (Å²) in [6.45, 7) is 0.482. The van der Waals surface area contributed by atoms with Gasteiger partial charge in [0.25, 0.3) is 11.7 Å². The number of methoxy groups -OCH3 is 1. The molecule has 2 heterocycles. The Bertz CT molecular complexity index is 923. The average molecular weight is 395 g/mol. The van der Waals surface area contributed by atoms with Crippen LogP contribution in [0.2, 0.25) is 0 Å². The number of rotatable bonds is 5. The van der Waals surface area contributed by atoms with E-state index >= 15 is 0 Å². The fourth-order valence-corrected chi connectivity index (χ4v) is 4.23. The highest BCUT2D eigenvalue weighted by Gasteiger charge is 2.53. The Morgan fingerprint density at radius 1 is 1.17 bits per heavy atom. The molecule has 1 spiro atoms. The topological polar surface area (TPSA) is 77.0 Å². The second kappa shape index (κ2) is 7.13. The number of benzene rings is 2. The average Bonchev–Trinajstić information content (AvgIpc) is 3.53. The quantitative estimate of drug-likeness (QED) is 0.811. The van der Waals surface area contributed by atoms with Crippen LogP contribution in [0.3, 0.4) is 0 Å². The van der Waals surface area contributed by atoms with Crippen molar-refractivity contribution in [2.45, 2.75) is 43.7 Å². The molecule has 1 saturated carbocycles. The van der Waals surface area contributed by atoms with Gasteiger partial charge in [-0.3, -0.25) is 4.79 Å². The SMILES string of the molecule is COc1ccc(C(O)c2ccc3c(c2)C2(OCCC(CC4CC4)O2)C(=O)N3)cc1. The van der Waals surface area contributed by atoms with Gasteiger partial charge in [-0.2, -0.15) is 0 Å². The number of ether oxygens (including phenoxy) is 3. The van der Waals surface area contributed by atoms with Crippen molar-refractivity contribution in [3.63, 3.8) is 0 Å². The summed E-state index contributed by atoms with van der Waals surface area (Å²) >= 11 is 0. The van der Waals surface area contributed by atoms with Crippen molar-refractivity contribution in [3.05, 3.63) is 59.2 Å². The monoisotopic (exact) mass is 395 g/mol. The molecule has 2 aromatic carbocycles. The molecule has 1 aliphatic carbocycles. The number of amides is 1. The molecule has 3 atom stereocenters. The first kappa shape index (κ1) is 18.6. The summed E-state index contributed by atoms with van der Waals surface area (Å²) in [5.74, 6) is -0.260. The van der Waals surface area contributed by atoms with Crippen molar-refractivity contribution < 1.29 is 24.1 Å². The second-order valence-corrected chi connectivity index (χ2v) is 8.11. The number of fused-ring (bicyclic) bond motifs is 2. The van der Waals surface area contributed by atoms with Crippen LogP contribution in [-0.2, 0) is 20.1 Å². The molecule has 152 valence electrons. The van der Waals surface area contributed by atoms with Gasteiger partial charge in [-0.15, -0.1) is 0 Å². The van der Waals surface area contributed by atoms with Crippen LogP contribution in [0.1, 0.15) is 48.5 Å². The van der Waals surface area contributed by atoms with Crippen LogP contribution in [0.4, 0.5) is 5.69 Å². The number of carbonyl (C=O) groups is 1. The predicted octanol–water partition coefficient (Wildman–Crippen LogP) is 3.49. The molecule has 1 saturated heterocycles. The normalized spacial score (nSPS) is 26.8. The lowest BCUT2D eigenvalue weighted by atomic mass is 9.96. The van der Waals surface area contributed by atoms with Crippen LogP contribution in [0.5, 0.6) is 5.75 Å². The van der Waals surface area contributed by atoms with Crippen LogP contribution in [0.15, 0.2) is 42.5 Å². The Labute approximate surface area is 169 Å². The molecule has 3 unspecified atom stereocenters. The predicted molar refractivity (Wildman–Crippen MR) is 107 cm³/mol. The fourth-order valence-electron chi connectivity index (χ4n) is 4.23. The highest BCUT2D eigenvalue weighted by atomic mass is 16.7. The van der Waals surface area contributed by atoms with Gasteiger partial charge in [0, 0.05) is 5.56 Å². The summed E-state index contributed by atoms with van der Waals surface area (Å²) in [5.41, 5.74) is 2.75. The van der Waals surface area contributed by atoms with E-state index in [1.165, 1.54) is 12.8 Å². The lowest BCUT2D eigenvalue weighted by molar-refractivity contribution is -0.281. The third-order valence-electron chi connectivity index (χ3n) is 6.06. The first-order chi connectivity index (χ1) is 14.1. The van der Waals surface area contributed by atoms with E-state index in [4.69, 9.17) is 14.2 Å². The van der Waals surface area contributed by atoms with E-state index in [0.717, 1.165) is 24.2 Å². The smallest absolute Gasteiger partial charge is 0.289 e. The summed E-state index contributed by atoms with van der Waals surface area (Å²) in [7, 11) is 1.61. The molecule has 29 heavy (non-hydrogen) atoms. The van der Waals surface area contributed by atoms with Crippen LogP contribution < -0.4 is 10.1 Å². The first-order valence-electron chi connectivity index (χ1n) is 10.2. The zero-order chi connectivity index (χ0) is 20.0. The van der Waals surface area contributed by atoms with Gasteiger partial charge < -0.3 is 24.6 Å². The zero-order valence-electron chi connectivity index (χ0n) is 16.4. The highest BCUT2D eigenvalue weighted by molar-refractivity contribution is 6.04. The van der Waals surface area contributed by atoms with Gasteiger partial charge >= 0.3 is 0 Å². The van der Waals surface area contributed by atoms with Gasteiger partial charge in [0.15, 0.2) is 0 Å². The van der Waals surface area contributed by atoms with Crippen LogP contribution in [0, 0.1) is 5.92 Å². The summed E-state index contributed by atoms with van der Waals surface area (Å²) in [6.07, 6.45) is 3.45. The molecule has 2 aliphatic heterocycles. The molecule has 2 fully saturated rings. The zero-order valence-corrected chi connectivity index (χ0v) is 16.4. The molecule has 0 aromatic heterocycles. The Hall–Kier alpha value is -2.41. The van der Waals surface area contributed by atoms with Crippen LogP contribution in [-0.4, -0.2) is 30.8 Å². The van der Waals surface area contributed by atoms with Gasteiger partial charge in [-0.25, -0.2) is 0 Å². The standard InChI is InChI=1S/C23H25NO5/c1-27-17-7-4-15(5-8-17)21(25)16-6-9-20-19(13-16)23(22(26)24-20)28-11-10-18(29-23)12-14-2-3-14/h4-9,13-14,18,21,25H,2-3,10-12H2,1H3,(H,24,26). The maximum Gasteiger partial charge on any atom is 0.289 e. The minimum absolute atomic E-state index is 0.0168. The Balaban J connectivity index is 1.45. The van der Waals surface area contributed by atoms with E-state index < -0.39 is 11.9 Å². The van der Waals surface area contributed by atoms with Crippen LogP contribution in [0.25, 0.3) is 0 Å². The third kappa shape index (κ3) is 3.31. The van der Waals surface area contributed by atoms with E-state index in [1.54, 1.807) is 13.2 Å². The van der Waals surface area contributed by atoms with Crippen molar-refractivity contribution in [2.24, 2.45) is 5.92 Å². The Kier molecular flexibility index (Phi) is 4.57. The van der Waals surface area contributed by atoms with Crippen molar-refractivity contribution in [1.29, 1.82) is 0 Å². The van der Waals surface area contributed by atoms with Gasteiger partial charge in [0.2, 0.25) is 0 Å². The van der Waals surface area contributed by atoms with Gasteiger partial charge in [-0.1, -0.05) is 31.0 Å². The third-order valence-corrected chi connectivity index (χ3v) is 6.06. The van der Waals surface area contributed by atoms with E-state index in [-0.39, 0.29) is 12.0 Å². The lowest BCUT2D eigenvalue weighted by Crippen LogP contribution is -2.47. The number of anilines is 1. The van der Waals surface area contributed by atoms with E-state index in [1.807, 2.05) is 36.4 Å². The van der Waals surface area contributed by atoms with Crippen molar-refractivity contribution in [3.8, 4) is 5.75 Å². The van der Waals surface area contributed by atoms with Crippen molar-refractivity contribution in [1.82, 2.24) is 0 Å². The summed E-state index contributed by atoms with van der Waals surface area (Å²) in [6, 6.07) is 12.7. The maximum absolute atomic E-state index is 12.8. The number of carbonyl (C=O) groups excluding carboxylic acids is 1. The van der Waals surface area contributed by atoms with E-state index in [9.17, 15) is 9.90 Å². The summed E-state index contributed by atoms with van der Waals surface area (Å²) < 4.78 is 17.4. The summed E-state index contributed by atoms with van der Waals surface area (Å²) in [5, 5.41) is 13.8. The number of nitrogens with one attached hydrogen (secondary N) is 1. The fraction of sp³-hybridized carbons (Fsp3) is 0.435. The molecule has 1 amide bonds. The van der Waals surface area contributed by atoms with Crippen molar-refractivity contribution in [2.75, 3.05) is 19.0 Å². The summed E-state index contributed by atoms with van der Waals surface area (Å²) in [4.78, 5) is 12.8. The van der Waals surface area contributed by atoms with E-state index in [2.05, 4.69) is 5.32 Å². The number of hydrogen-bond donors (Lipinski definition) is 2. The van der Waals surface area contributed by atoms with E-state index in [0.29, 0.717) is 29.3 Å². The Morgan fingerprint density at radius 3 is 2.66 bits per heavy atom. The number of aliphatic hydroxyl groups excluding tert-OH is 1. The minimum Gasteiger partial charge on any atom is -0.497 e. The number of aliphatic hydroxyl groups is 1. The molecule has 6 heteroatoms. The molecule has 2 N–H and O–H groups in total. The lowest BCUT2D eigenvalue weighted by Gasteiger charge is -2.37. The van der Waals surface area contributed by atoms with Crippen LogP contribution >= 0.6 is 0 Å². The molecule has 6 nitrogen and oxygen atoms in total. The molecular weight excluding hydrogens is 370 g/mol. The molecular formula is C23H25NO5. The van der Waals surface area contributed by atoms with Crippen molar-refractivity contribution >= 4 is 11.6 Å².